The fraction of sp³-hybridized carbons (Fsp3) is 0.808. The maximum Gasteiger partial charge on any atom is 0.345 e. The minimum Gasteiger partial charge on any atom is -0.477 e. The lowest BCUT2D eigenvalue weighted by molar-refractivity contribution is -0.210. The van der Waals surface area contributed by atoms with Crippen molar-refractivity contribution in [3.63, 3.8) is 0 Å². The Labute approximate surface area is 194 Å². The molecule has 7 heteroatoms. The highest BCUT2D eigenvalue weighted by Crippen LogP contribution is 2.70. The lowest BCUT2D eigenvalue weighted by Gasteiger charge is -2.63. The SMILES string of the molecule is CC(=O)O[C@H]1CC[C@@]2(C)[C@H](CC[C@@H]3[C@@H]2CC[C@]2(C)[C@@H](C4=C(C(=O)O)C(=O)OC4)CC[C@]32O)C1. The maximum absolute atomic E-state index is 12.3. The summed E-state index contributed by atoms with van der Waals surface area (Å²) < 4.78 is 10.7. The van der Waals surface area contributed by atoms with Crippen LogP contribution in [0.5, 0.6) is 0 Å². The summed E-state index contributed by atoms with van der Waals surface area (Å²) in [5.41, 5.74) is -0.856. The van der Waals surface area contributed by atoms with E-state index in [0.717, 1.165) is 44.9 Å². The molecule has 1 aliphatic heterocycles. The van der Waals surface area contributed by atoms with Crippen molar-refractivity contribution in [3.05, 3.63) is 11.1 Å². The van der Waals surface area contributed by atoms with E-state index >= 15 is 0 Å². The molecule has 4 fully saturated rings. The Hall–Kier alpha value is -1.89. The van der Waals surface area contributed by atoms with Crippen LogP contribution in [0.1, 0.15) is 78.6 Å². The van der Waals surface area contributed by atoms with Crippen molar-refractivity contribution >= 4 is 17.9 Å². The van der Waals surface area contributed by atoms with Crippen molar-refractivity contribution in [2.45, 2.75) is 90.3 Å². The first kappa shape index (κ1) is 22.9. The zero-order chi connectivity index (χ0) is 23.8. The summed E-state index contributed by atoms with van der Waals surface area (Å²) in [5, 5.41) is 21.9. The molecule has 5 aliphatic rings. The van der Waals surface area contributed by atoms with E-state index < -0.39 is 23.0 Å². The fourth-order valence-corrected chi connectivity index (χ4v) is 9.00. The highest BCUT2D eigenvalue weighted by atomic mass is 16.5. The highest BCUT2D eigenvalue weighted by Gasteiger charge is 2.68. The molecule has 1 heterocycles. The van der Waals surface area contributed by atoms with Gasteiger partial charge >= 0.3 is 17.9 Å². The molecule has 4 saturated carbocycles. The predicted molar refractivity (Wildman–Crippen MR) is 118 cm³/mol. The van der Waals surface area contributed by atoms with Crippen LogP contribution in [0.15, 0.2) is 11.1 Å². The molecule has 0 amide bonds. The molecule has 0 saturated heterocycles. The van der Waals surface area contributed by atoms with E-state index in [1.807, 2.05) is 0 Å². The molecule has 8 atom stereocenters. The van der Waals surface area contributed by atoms with Crippen molar-refractivity contribution in [2.75, 3.05) is 6.61 Å². The van der Waals surface area contributed by atoms with E-state index in [0.29, 0.717) is 30.3 Å². The summed E-state index contributed by atoms with van der Waals surface area (Å²) in [6.45, 7) is 6.00. The average Bonchev–Trinajstić information content (AvgIpc) is 3.24. The molecule has 0 unspecified atom stereocenters. The van der Waals surface area contributed by atoms with Crippen molar-refractivity contribution in [1.29, 1.82) is 0 Å². The molecular formula is C26H36O7. The standard InChI is InChI=1S/C26H36O7/c1-14(27)33-16-6-9-24(2)15(12-16)4-5-20-19(24)7-10-25(3)18(8-11-26(20,25)31)17-13-32-23(30)21(17)22(28)29/h15-16,18-20,31H,4-13H2,1-3H3,(H,28,29)/t15-,16+,18-,19+,20-,24+,25-,26+/m1/s1. The lowest BCUT2D eigenvalue weighted by atomic mass is 9.43. The summed E-state index contributed by atoms with van der Waals surface area (Å²) >= 11 is 0. The number of rotatable bonds is 3. The molecule has 0 aromatic carbocycles. The number of cyclic esters (lactones) is 1. The number of carbonyl (C=O) groups excluding carboxylic acids is 2. The van der Waals surface area contributed by atoms with Crippen LogP contribution in [0, 0.1) is 34.5 Å². The molecule has 4 aliphatic carbocycles. The summed E-state index contributed by atoms with van der Waals surface area (Å²) in [5.74, 6) is -1.27. The third kappa shape index (κ3) is 3.14. The normalized spacial score (nSPS) is 46.8. The second-order valence-corrected chi connectivity index (χ2v) is 11.8. The first-order valence-electron chi connectivity index (χ1n) is 12.5. The molecule has 0 bridgehead atoms. The second-order valence-electron chi connectivity index (χ2n) is 11.8. The Bertz CT molecular complexity index is 924. The topological polar surface area (TPSA) is 110 Å². The number of carbonyl (C=O) groups is 3. The van der Waals surface area contributed by atoms with Gasteiger partial charge in [0.25, 0.3) is 0 Å². The van der Waals surface area contributed by atoms with Gasteiger partial charge in [-0.1, -0.05) is 13.8 Å². The van der Waals surface area contributed by atoms with E-state index in [4.69, 9.17) is 9.47 Å². The molecule has 2 N–H and O–H groups in total. The number of esters is 2. The van der Waals surface area contributed by atoms with Crippen LogP contribution in [-0.4, -0.2) is 46.4 Å². The number of carboxylic acids is 1. The van der Waals surface area contributed by atoms with Gasteiger partial charge < -0.3 is 19.7 Å². The Balaban J connectivity index is 1.43. The van der Waals surface area contributed by atoms with Gasteiger partial charge in [-0.25, -0.2) is 9.59 Å². The molecule has 0 spiro atoms. The summed E-state index contributed by atoms with van der Waals surface area (Å²) in [6, 6.07) is 0. The highest BCUT2D eigenvalue weighted by molar-refractivity contribution is 6.15. The van der Waals surface area contributed by atoms with E-state index in [9.17, 15) is 24.6 Å². The molecule has 33 heavy (non-hydrogen) atoms. The van der Waals surface area contributed by atoms with Crippen LogP contribution in [0.3, 0.4) is 0 Å². The van der Waals surface area contributed by atoms with Gasteiger partial charge in [0.05, 0.1) is 5.60 Å². The number of aliphatic carboxylic acids is 1. The van der Waals surface area contributed by atoms with Gasteiger partial charge in [0.1, 0.15) is 18.3 Å². The second kappa shape index (κ2) is 7.56. The van der Waals surface area contributed by atoms with Crippen molar-refractivity contribution in [2.24, 2.45) is 34.5 Å². The molecule has 5 rings (SSSR count). The van der Waals surface area contributed by atoms with E-state index in [-0.39, 0.29) is 41.5 Å². The zero-order valence-electron chi connectivity index (χ0n) is 19.9. The van der Waals surface area contributed by atoms with Crippen LogP contribution in [-0.2, 0) is 23.9 Å². The quantitative estimate of drug-likeness (QED) is 0.489. The van der Waals surface area contributed by atoms with Gasteiger partial charge in [0.2, 0.25) is 0 Å². The average molecular weight is 461 g/mol. The maximum atomic E-state index is 12.3. The van der Waals surface area contributed by atoms with Crippen molar-refractivity contribution in [3.8, 4) is 0 Å². The van der Waals surface area contributed by atoms with Crippen molar-refractivity contribution < 1.29 is 34.1 Å². The van der Waals surface area contributed by atoms with Gasteiger partial charge in [-0.05, 0) is 92.4 Å². The number of ether oxygens (including phenoxy) is 2. The Morgan fingerprint density at radius 3 is 2.48 bits per heavy atom. The molecule has 0 aromatic rings. The smallest absolute Gasteiger partial charge is 0.345 e. The largest absolute Gasteiger partial charge is 0.477 e. The van der Waals surface area contributed by atoms with Gasteiger partial charge in [0.15, 0.2) is 0 Å². The Morgan fingerprint density at radius 1 is 1.03 bits per heavy atom. The first-order chi connectivity index (χ1) is 15.5. The minimum absolute atomic E-state index is 0.00575. The molecule has 7 nitrogen and oxygen atoms in total. The molecule has 0 aromatic heterocycles. The third-order valence-electron chi connectivity index (χ3n) is 10.7. The predicted octanol–water partition coefficient (Wildman–Crippen LogP) is 3.63. The fourth-order valence-electron chi connectivity index (χ4n) is 9.00. The van der Waals surface area contributed by atoms with Crippen LogP contribution in [0.4, 0.5) is 0 Å². The van der Waals surface area contributed by atoms with Gasteiger partial charge in [0, 0.05) is 12.3 Å². The van der Waals surface area contributed by atoms with Crippen LogP contribution >= 0.6 is 0 Å². The third-order valence-corrected chi connectivity index (χ3v) is 10.7. The Kier molecular flexibility index (Phi) is 5.24. The summed E-state index contributed by atoms with van der Waals surface area (Å²) in [6.07, 6.45) is 7.89. The first-order valence-corrected chi connectivity index (χ1v) is 12.5. The van der Waals surface area contributed by atoms with Crippen LogP contribution in [0.2, 0.25) is 0 Å². The van der Waals surface area contributed by atoms with Gasteiger partial charge in [-0.15, -0.1) is 0 Å². The molecule has 182 valence electrons. The number of fused-ring (bicyclic) bond motifs is 5. The summed E-state index contributed by atoms with van der Waals surface area (Å²) in [7, 11) is 0. The number of aliphatic hydroxyl groups is 1. The lowest BCUT2D eigenvalue weighted by Crippen LogP contribution is -2.62. The number of hydrogen-bond acceptors (Lipinski definition) is 6. The molecule has 0 radical (unpaired) electrons. The van der Waals surface area contributed by atoms with E-state index in [1.165, 1.54) is 6.92 Å². The minimum atomic E-state index is -1.22. The number of carboxylic acid groups (broad SMARTS) is 1. The zero-order valence-corrected chi connectivity index (χ0v) is 19.9. The van der Waals surface area contributed by atoms with Gasteiger partial charge in [-0.2, -0.15) is 0 Å². The van der Waals surface area contributed by atoms with Crippen LogP contribution in [0.25, 0.3) is 0 Å². The van der Waals surface area contributed by atoms with Crippen molar-refractivity contribution in [1.82, 2.24) is 0 Å². The van der Waals surface area contributed by atoms with E-state index in [2.05, 4.69) is 13.8 Å². The summed E-state index contributed by atoms with van der Waals surface area (Å²) in [4.78, 5) is 35.4. The number of hydrogen-bond donors (Lipinski definition) is 2. The Morgan fingerprint density at radius 2 is 1.79 bits per heavy atom. The van der Waals surface area contributed by atoms with Gasteiger partial charge in [-0.3, -0.25) is 4.79 Å². The van der Waals surface area contributed by atoms with E-state index in [1.54, 1.807) is 0 Å². The van der Waals surface area contributed by atoms with Crippen LogP contribution < -0.4 is 0 Å². The monoisotopic (exact) mass is 460 g/mol. The molecular weight excluding hydrogens is 424 g/mol.